The van der Waals surface area contributed by atoms with Crippen LogP contribution in [0.25, 0.3) is 0 Å². The molecule has 2 saturated heterocycles. The van der Waals surface area contributed by atoms with Crippen molar-refractivity contribution >= 4 is 30.2 Å². The van der Waals surface area contributed by atoms with Crippen molar-refractivity contribution < 1.29 is 72.1 Å². The van der Waals surface area contributed by atoms with Crippen molar-refractivity contribution in [3.05, 3.63) is 36.3 Å². The normalized spacial score (nSPS) is 41.5. The van der Waals surface area contributed by atoms with Gasteiger partial charge in [0.05, 0.1) is 50.1 Å². The minimum absolute atomic E-state index is 0.117. The monoisotopic (exact) mass is 720 g/mol. The topological polar surface area (TPSA) is 215 Å². The number of methoxy groups -OCH3 is 1. The SMILES string of the molecule is C=C1C([C@@]2(C)[C@@H](OC(C)=O)C[C@@]3(O)OC[C@](C)(O3)[C@@H]2CC(=O)OC)[C@@H](OC=O)[C@H](OC(=O)[C@@H](O)[C@@H](C)CC)[C@@]2(C)[C@H](c3ccoc3)CC(=O)[C@]12O. The van der Waals surface area contributed by atoms with E-state index in [4.69, 9.17) is 32.8 Å². The third-order valence-electron chi connectivity index (χ3n) is 12.4. The molecule has 15 heteroatoms. The Balaban J connectivity index is 1.82. The van der Waals surface area contributed by atoms with Gasteiger partial charge in [-0.2, -0.15) is 0 Å². The summed E-state index contributed by atoms with van der Waals surface area (Å²) in [6.07, 6.45) is -4.39. The second kappa shape index (κ2) is 13.4. The molecule has 282 valence electrons. The van der Waals surface area contributed by atoms with Crippen LogP contribution in [0.1, 0.15) is 78.7 Å². The molecular formula is C36H48O15. The third-order valence-corrected chi connectivity index (χ3v) is 12.4. The Hall–Kier alpha value is -3.63. The van der Waals surface area contributed by atoms with Gasteiger partial charge in [0.2, 0.25) is 0 Å². The molecule has 2 aliphatic heterocycles. The summed E-state index contributed by atoms with van der Waals surface area (Å²) in [6, 6.07) is 1.59. The Morgan fingerprint density at radius 3 is 2.43 bits per heavy atom. The van der Waals surface area contributed by atoms with E-state index in [1.165, 1.54) is 26.6 Å². The molecule has 1 aromatic heterocycles. The van der Waals surface area contributed by atoms with Gasteiger partial charge < -0.3 is 48.2 Å². The zero-order valence-electron chi connectivity index (χ0n) is 29.9. The van der Waals surface area contributed by atoms with Crippen molar-refractivity contribution in [2.45, 2.75) is 115 Å². The highest BCUT2D eigenvalue weighted by atomic mass is 16.9. The number of esters is 3. The van der Waals surface area contributed by atoms with Crippen molar-refractivity contribution in [3.8, 4) is 0 Å². The largest absolute Gasteiger partial charge is 0.472 e. The molecule has 1 aromatic rings. The number of carbonyl (C=O) groups excluding carboxylic acids is 5. The molecule has 3 N–H and O–H groups in total. The van der Waals surface area contributed by atoms with Crippen molar-refractivity contribution in [2.24, 2.45) is 28.6 Å². The molecule has 15 nitrogen and oxygen atoms in total. The Morgan fingerprint density at radius 1 is 1.18 bits per heavy atom. The number of fused-ring (bicyclic) bond motifs is 3. The van der Waals surface area contributed by atoms with Gasteiger partial charge in [-0.25, -0.2) is 4.79 Å². The maximum absolute atomic E-state index is 14.4. The van der Waals surface area contributed by atoms with Gasteiger partial charge in [-0.05, 0) is 30.0 Å². The third kappa shape index (κ3) is 5.81. The summed E-state index contributed by atoms with van der Waals surface area (Å²) in [6.45, 7) is 13.3. The van der Waals surface area contributed by atoms with E-state index in [9.17, 15) is 39.3 Å². The van der Waals surface area contributed by atoms with Crippen LogP contribution in [0.4, 0.5) is 0 Å². The molecular weight excluding hydrogens is 672 g/mol. The molecule has 2 bridgehead atoms. The number of furan rings is 1. The van der Waals surface area contributed by atoms with E-state index >= 15 is 0 Å². The number of hydrogen-bond acceptors (Lipinski definition) is 15. The summed E-state index contributed by atoms with van der Waals surface area (Å²) in [5.74, 6) is -9.67. The molecule has 0 amide bonds. The number of aliphatic hydroxyl groups is 3. The summed E-state index contributed by atoms with van der Waals surface area (Å²) in [4.78, 5) is 66.6. The molecule has 2 saturated carbocycles. The van der Waals surface area contributed by atoms with Crippen LogP contribution >= 0.6 is 0 Å². The Kier molecular flexibility index (Phi) is 10.1. The van der Waals surface area contributed by atoms with Gasteiger partial charge in [0.25, 0.3) is 12.4 Å². The first-order chi connectivity index (χ1) is 23.8. The fourth-order valence-corrected chi connectivity index (χ4v) is 9.45. The van der Waals surface area contributed by atoms with Crippen molar-refractivity contribution in [3.63, 3.8) is 0 Å². The Morgan fingerprint density at radius 2 is 1.86 bits per heavy atom. The minimum Gasteiger partial charge on any atom is -0.472 e. The molecule has 4 aliphatic rings. The summed E-state index contributed by atoms with van der Waals surface area (Å²) in [5.41, 5.74) is -7.24. The first-order valence-electron chi connectivity index (χ1n) is 17.0. The van der Waals surface area contributed by atoms with E-state index in [2.05, 4.69) is 6.58 Å². The van der Waals surface area contributed by atoms with E-state index in [-0.39, 0.29) is 25.1 Å². The van der Waals surface area contributed by atoms with Crippen LogP contribution < -0.4 is 0 Å². The molecule has 3 heterocycles. The predicted octanol–water partition coefficient (Wildman–Crippen LogP) is 2.09. The quantitative estimate of drug-likeness (QED) is 0.129. The van der Waals surface area contributed by atoms with Gasteiger partial charge >= 0.3 is 17.9 Å². The summed E-state index contributed by atoms with van der Waals surface area (Å²) < 4.78 is 40.0. The predicted molar refractivity (Wildman–Crippen MR) is 172 cm³/mol. The molecule has 0 radical (unpaired) electrons. The second-order valence-corrected chi connectivity index (χ2v) is 15.0. The van der Waals surface area contributed by atoms with Crippen LogP contribution in [0.2, 0.25) is 0 Å². The Bertz CT molecular complexity index is 1560. The van der Waals surface area contributed by atoms with Gasteiger partial charge in [0.15, 0.2) is 17.5 Å². The molecule has 2 aliphatic carbocycles. The highest BCUT2D eigenvalue weighted by Crippen LogP contribution is 2.69. The molecule has 0 spiro atoms. The standard InChI is InChI=1S/C36H48O15/c1-9-18(2)28(41)31(42)50-30-29(47-17-37)27(19(3)36(44)24(39)12-22(34(30,36)7)21-10-11-46-15-21)33(6)23(13-26(40)45-8)32(5)16-48-35(43,51-32)14-25(33)49-20(4)38/h10-11,15,17-18,22-23,25,27-30,41,43-44H,3,9,12-14,16H2,1-2,4-8H3/t18-,22-,23-,25-,27?,28-,29+,30-,32-,33+,34+,35+,36+/m0/s1. The van der Waals surface area contributed by atoms with E-state index in [1.807, 2.05) is 0 Å². The van der Waals surface area contributed by atoms with Crippen molar-refractivity contribution in [1.29, 1.82) is 0 Å². The van der Waals surface area contributed by atoms with Crippen LogP contribution in [0, 0.1) is 28.6 Å². The first-order valence-corrected chi connectivity index (χ1v) is 17.0. The zero-order valence-corrected chi connectivity index (χ0v) is 29.9. The van der Waals surface area contributed by atoms with Gasteiger partial charge in [-0.15, -0.1) is 0 Å². The highest BCUT2D eigenvalue weighted by molar-refractivity contribution is 5.96. The van der Waals surface area contributed by atoms with Crippen LogP contribution in [-0.2, 0) is 52.4 Å². The lowest BCUT2D eigenvalue weighted by atomic mass is 9.46. The van der Waals surface area contributed by atoms with Gasteiger partial charge in [0.1, 0.15) is 18.3 Å². The molecule has 51 heavy (non-hydrogen) atoms. The molecule has 0 aromatic carbocycles. The van der Waals surface area contributed by atoms with Crippen LogP contribution in [0.15, 0.2) is 35.2 Å². The lowest BCUT2D eigenvalue weighted by Gasteiger charge is -2.61. The fraction of sp³-hybridized carbons (Fsp3) is 0.694. The van der Waals surface area contributed by atoms with Crippen molar-refractivity contribution in [2.75, 3.05) is 13.7 Å². The molecule has 13 atom stereocenters. The zero-order chi connectivity index (χ0) is 37.9. The van der Waals surface area contributed by atoms with Crippen LogP contribution in [0.5, 0.6) is 0 Å². The van der Waals surface area contributed by atoms with E-state index in [0.717, 1.165) is 6.92 Å². The maximum Gasteiger partial charge on any atom is 0.335 e. The minimum atomic E-state index is -2.51. The van der Waals surface area contributed by atoms with E-state index < -0.39 is 113 Å². The first kappa shape index (κ1) is 38.6. The number of hydrogen-bond donors (Lipinski definition) is 3. The van der Waals surface area contributed by atoms with E-state index in [1.54, 1.807) is 33.8 Å². The number of carbonyl (C=O) groups is 5. The summed E-state index contributed by atoms with van der Waals surface area (Å²) in [5, 5.41) is 35.5. The number of Topliss-reactive ketones (excluding diaryl/α,β-unsaturated/α-hetero) is 1. The van der Waals surface area contributed by atoms with Gasteiger partial charge in [-0.1, -0.05) is 40.7 Å². The van der Waals surface area contributed by atoms with Crippen LogP contribution in [-0.4, -0.2) is 101 Å². The molecule has 5 rings (SSSR count). The summed E-state index contributed by atoms with van der Waals surface area (Å²) >= 11 is 0. The number of ether oxygens (including phenoxy) is 6. The maximum atomic E-state index is 14.4. The smallest absolute Gasteiger partial charge is 0.335 e. The fourth-order valence-electron chi connectivity index (χ4n) is 9.45. The van der Waals surface area contributed by atoms with E-state index in [0.29, 0.717) is 12.0 Å². The Labute approximate surface area is 295 Å². The van der Waals surface area contributed by atoms with Crippen molar-refractivity contribution in [1.82, 2.24) is 0 Å². The second-order valence-electron chi connectivity index (χ2n) is 15.0. The van der Waals surface area contributed by atoms with Gasteiger partial charge in [-0.3, -0.25) is 19.2 Å². The number of rotatable bonds is 11. The highest BCUT2D eigenvalue weighted by Gasteiger charge is 2.78. The number of ketones is 1. The molecule has 1 unspecified atom stereocenters. The molecule has 4 fully saturated rings. The van der Waals surface area contributed by atoms with Crippen LogP contribution in [0.3, 0.4) is 0 Å². The lowest BCUT2D eigenvalue weighted by molar-refractivity contribution is -0.328. The number of aliphatic hydroxyl groups excluding tert-OH is 1. The van der Waals surface area contributed by atoms with Gasteiger partial charge in [0, 0.05) is 36.5 Å². The average molecular weight is 721 g/mol. The summed E-state index contributed by atoms with van der Waals surface area (Å²) in [7, 11) is 1.17. The lowest BCUT2D eigenvalue weighted by Crippen LogP contribution is -2.72. The average Bonchev–Trinajstić information content (AvgIpc) is 3.76.